The van der Waals surface area contributed by atoms with E-state index in [-0.39, 0.29) is 11.1 Å². The molecule has 0 saturated heterocycles. The lowest BCUT2D eigenvalue weighted by atomic mass is 10.0. The summed E-state index contributed by atoms with van der Waals surface area (Å²) in [5, 5.41) is 18.2. The predicted molar refractivity (Wildman–Crippen MR) is 63.3 cm³/mol. The molecule has 1 heterocycles. The Kier molecular flexibility index (Phi) is 3.35. The van der Waals surface area contributed by atoms with Crippen molar-refractivity contribution in [1.29, 1.82) is 0 Å². The molecule has 0 aliphatic heterocycles. The summed E-state index contributed by atoms with van der Waals surface area (Å²) in [6.45, 7) is 0. The molecule has 1 aromatic carbocycles. The van der Waals surface area contributed by atoms with E-state index in [9.17, 15) is 23.1 Å². The van der Waals surface area contributed by atoms with Crippen LogP contribution in [-0.2, 0) is 6.18 Å². The second kappa shape index (κ2) is 4.84. The summed E-state index contributed by atoms with van der Waals surface area (Å²) in [6.07, 6.45) is -3.58. The van der Waals surface area contributed by atoms with Gasteiger partial charge in [0.15, 0.2) is 5.69 Å². The molecule has 0 amide bonds. The van der Waals surface area contributed by atoms with Gasteiger partial charge in [0.2, 0.25) is 0 Å². The number of carbonyl (C=O) groups is 1. The van der Waals surface area contributed by atoms with Crippen LogP contribution in [0.1, 0.15) is 16.1 Å². The Morgan fingerprint density at radius 2 is 1.85 bits per heavy atom. The highest BCUT2D eigenvalue weighted by atomic mass is 19.4. The van der Waals surface area contributed by atoms with Gasteiger partial charge in [0.1, 0.15) is 5.75 Å². The highest BCUT2D eigenvalue weighted by Gasteiger charge is 2.33. The van der Waals surface area contributed by atoms with Crippen LogP contribution in [0, 0.1) is 0 Å². The van der Waals surface area contributed by atoms with E-state index in [2.05, 4.69) is 4.98 Å². The summed E-state index contributed by atoms with van der Waals surface area (Å²) in [4.78, 5) is 14.2. The van der Waals surface area contributed by atoms with Crippen molar-refractivity contribution >= 4 is 5.97 Å². The van der Waals surface area contributed by atoms with Crippen molar-refractivity contribution in [2.75, 3.05) is 0 Å². The number of carboxylic acids is 1. The Labute approximate surface area is 111 Å². The van der Waals surface area contributed by atoms with Crippen molar-refractivity contribution in [1.82, 2.24) is 4.98 Å². The van der Waals surface area contributed by atoms with E-state index in [1.54, 1.807) is 0 Å². The van der Waals surface area contributed by atoms with Gasteiger partial charge in [-0.05, 0) is 17.7 Å². The minimum atomic E-state index is -4.56. The Morgan fingerprint density at radius 1 is 1.20 bits per heavy atom. The molecule has 0 unspecified atom stereocenters. The standard InChI is InChI=1S/C13H8F3NO3/c14-13(15,16)9-4-2-1-3-8(9)7-5-10(18)11(12(19)20)17-6-7/h1-6,18H,(H,19,20). The zero-order chi connectivity index (χ0) is 14.9. The molecule has 7 heteroatoms. The Balaban J connectivity index is 2.59. The summed E-state index contributed by atoms with van der Waals surface area (Å²) in [5.74, 6) is -2.15. The third-order valence-corrected chi connectivity index (χ3v) is 2.61. The molecular weight excluding hydrogens is 275 g/mol. The molecule has 0 saturated carbocycles. The van der Waals surface area contributed by atoms with E-state index in [0.29, 0.717) is 0 Å². The first-order valence-electron chi connectivity index (χ1n) is 5.39. The van der Waals surface area contributed by atoms with Crippen LogP contribution in [0.25, 0.3) is 11.1 Å². The number of aromatic carboxylic acids is 1. The van der Waals surface area contributed by atoms with Crippen molar-refractivity contribution < 1.29 is 28.2 Å². The third-order valence-electron chi connectivity index (χ3n) is 2.61. The Bertz CT molecular complexity index is 668. The maximum absolute atomic E-state index is 12.9. The van der Waals surface area contributed by atoms with E-state index >= 15 is 0 Å². The fourth-order valence-electron chi connectivity index (χ4n) is 1.75. The summed E-state index contributed by atoms with van der Waals surface area (Å²) in [5.41, 5.74) is -1.69. The molecule has 2 rings (SSSR count). The number of aromatic nitrogens is 1. The van der Waals surface area contributed by atoms with E-state index in [1.807, 2.05) is 0 Å². The van der Waals surface area contributed by atoms with Gasteiger partial charge in [0, 0.05) is 11.8 Å². The van der Waals surface area contributed by atoms with Crippen molar-refractivity contribution in [3.63, 3.8) is 0 Å². The SMILES string of the molecule is O=C(O)c1ncc(-c2ccccc2C(F)(F)F)cc1O. The summed E-state index contributed by atoms with van der Waals surface area (Å²) < 4.78 is 38.6. The number of pyridine rings is 1. The van der Waals surface area contributed by atoms with Gasteiger partial charge in [-0.25, -0.2) is 9.78 Å². The third kappa shape index (κ3) is 2.56. The number of aromatic hydroxyl groups is 1. The van der Waals surface area contributed by atoms with Crippen molar-refractivity contribution in [2.45, 2.75) is 6.18 Å². The van der Waals surface area contributed by atoms with Gasteiger partial charge in [-0.15, -0.1) is 0 Å². The molecule has 0 bridgehead atoms. The van der Waals surface area contributed by atoms with Crippen LogP contribution in [0.4, 0.5) is 13.2 Å². The van der Waals surface area contributed by atoms with Gasteiger partial charge in [-0.3, -0.25) is 0 Å². The van der Waals surface area contributed by atoms with Gasteiger partial charge in [-0.1, -0.05) is 18.2 Å². The average Bonchev–Trinajstić information content (AvgIpc) is 2.37. The second-order valence-corrected chi connectivity index (χ2v) is 3.94. The second-order valence-electron chi connectivity index (χ2n) is 3.94. The van der Waals surface area contributed by atoms with Gasteiger partial charge in [-0.2, -0.15) is 13.2 Å². The fraction of sp³-hybridized carbons (Fsp3) is 0.0769. The normalized spacial score (nSPS) is 11.3. The van der Waals surface area contributed by atoms with E-state index in [4.69, 9.17) is 5.11 Å². The molecule has 2 aromatic rings. The molecule has 0 fully saturated rings. The predicted octanol–water partition coefficient (Wildman–Crippen LogP) is 3.17. The summed E-state index contributed by atoms with van der Waals surface area (Å²) in [7, 11) is 0. The summed E-state index contributed by atoms with van der Waals surface area (Å²) in [6, 6.07) is 5.72. The molecule has 0 aliphatic rings. The summed E-state index contributed by atoms with van der Waals surface area (Å²) >= 11 is 0. The average molecular weight is 283 g/mol. The van der Waals surface area contributed by atoms with Gasteiger partial charge >= 0.3 is 12.1 Å². The lowest BCUT2D eigenvalue weighted by Gasteiger charge is -2.12. The first-order chi connectivity index (χ1) is 9.30. The zero-order valence-electron chi connectivity index (χ0n) is 9.85. The van der Waals surface area contributed by atoms with Crippen molar-refractivity contribution in [3.8, 4) is 16.9 Å². The highest BCUT2D eigenvalue weighted by molar-refractivity contribution is 5.89. The minimum absolute atomic E-state index is 0.0135. The van der Waals surface area contributed by atoms with Gasteiger partial charge in [0.05, 0.1) is 5.56 Å². The molecule has 0 atom stereocenters. The number of benzene rings is 1. The first-order valence-corrected chi connectivity index (χ1v) is 5.39. The minimum Gasteiger partial charge on any atom is -0.505 e. The Morgan fingerprint density at radius 3 is 2.40 bits per heavy atom. The number of carboxylic acid groups (broad SMARTS) is 1. The maximum Gasteiger partial charge on any atom is 0.417 e. The smallest absolute Gasteiger partial charge is 0.417 e. The number of hydrogen-bond acceptors (Lipinski definition) is 3. The zero-order valence-corrected chi connectivity index (χ0v) is 9.85. The molecular formula is C13H8F3NO3. The van der Waals surface area contributed by atoms with E-state index < -0.39 is 29.2 Å². The molecule has 0 radical (unpaired) electrons. The number of alkyl halides is 3. The first kappa shape index (κ1) is 13.9. The van der Waals surface area contributed by atoms with Crippen LogP contribution in [0.3, 0.4) is 0 Å². The lowest BCUT2D eigenvalue weighted by molar-refractivity contribution is -0.137. The molecule has 0 aliphatic carbocycles. The number of halogens is 3. The van der Waals surface area contributed by atoms with Crippen molar-refractivity contribution in [2.24, 2.45) is 0 Å². The van der Waals surface area contributed by atoms with E-state index in [0.717, 1.165) is 18.3 Å². The van der Waals surface area contributed by atoms with Crippen molar-refractivity contribution in [3.05, 3.63) is 47.8 Å². The maximum atomic E-state index is 12.9. The van der Waals surface area contributed by atoms with Crippen LogP contribution >= 0.6 is 0 Å². The van der Waals surface area contributed by atoms with Gasteiger partial charge < -0.3 is 10.2 Å². The van der Waals surface area contributed by atoms with Crippen LogP contribution in [0.15, 0.2) is 36.5 Å². The lowest BCUT2D eigenvalue weighted by Crippen LogP contribution is -2.07. The van der Waals surface area contributed by atoms with Crippen LogP contribution < -0.4 is 0 Å². The quantitative estimate of drug-likeness (QED) is 0.888. The van der Waals surface area contributed by atoms with Crippen LogP contribution in [0.5, 0.6) is 5.75 Å². The van der Waals surface area contributed by atoms with Crippen LogP contribution in [-0.4, -0.2) is 21.2 Å². The Hall–Kier alpha value is -2.57. The number of hydrogen-bond donors (Lipinski definition) is 2. The molecule has 1 aromatic heterocycles. The van der Waals surface area contributed by atoms with Gasteiger partial charge in [0.25, 0.3) is 0 Å². The monoisotopic (exact) mass is 283 g/mol. The van der Waals surface area contributed by atoms with Crippen LogP contribution in [0.2, 0.25) is 0 Å². The molecule has 20 heavy (non-hydrogen) atoms. The molecule has 104 valence electrons. The fourth-order valence-corrected chi connectivity index (χ4v) is 1.75. The molecule has 2 N–H and O–H groups in total. The largest absolute Gasteiger partial charge is 0.505 e. The number of rotatable bonds is 2. The van der Waals surface area contributed by atoms with E-state index in [1.165, 1.54) is 18.2 Å². The topological polar surface area (TPSA) is 70.4 Å². The molecule has 4 nitrogen and oxygen atoms in total. The highest BCUT2D eigenvalue weighted by Crippen LogP contribution is 2.37. The number of nitrogens with zero attached hydrogens (tertiary/aromatic N) is 1. The molecule has 0 spiro atoms.